The third-order valence-electron chi connectivity index (χ3n) is 5.48. The van der Waals surface area contributed by atoms with Gasteiger partial charge >= 0.3 is 0 Å². The minimum Gasteiger partial charge on any atom is -0.391 e. The van der Waals surface area contributed by atoms with Crippen molar-refractivity contribution in [3.05, 3.63) is 29.8 Å². The summed E-state index contributed by atoms with van der Waals surface area (Å²) in [4.78, 5) is 0. The van der Waals surface area contributed by atoms with Crippen LogP contribution < -0.4 is 5.32 Å². The van der Waals surface area contributed by atoms with E-state index in [4.69, 9.17) is 0 Å². The van der Waals surface area contributed by atoms with Gasteiger partial charge in [0.2, 0.25) is 0 Å². The summed E-state index contributed by atoms with van der Waals surface area (Å²) in [6, 6.07) is 8.87. The molecule has 4 nitrogen and oxygen atoms in total. The van der Waals surface area contributed by atoms with E-state index in [-0.39, 0.29) is 0 Å². The molecule has 20 heavy (non-hydrogen) atoms. The van der Waals surface area contributed by atoms with Crippen molar-refractivity contribution >= 4 is 5.69 Å². The maximum Gasteiger partial charge on any atom is 0.129 e. The molecule has 3 fully saturated rings. The van der Waals surface area contributed by atoms with Crippen LogP contribution in [0.25, 0.3) is 0 Å². The fourth-order valence-electron chi connectivity index (χ4n) is 3.89. The molecule has 0 aromatic heterocycles. The van der Waals surface area contributed by atoms with E-state index in [1.807, 2.05) is 7.05 Å². The van der Waals surface area contributed by atoms with Crippen molar-refractivity contribution in [1.82, 2.24) is 0 Å². The number of nitrogens with one attached hydrogen (secondary N) is 1. The van der Waals surface area contributed by atoms with Crippen LogP contribution in [0.3, 0.4) is 0 Å². The number of hydrogen-bond acceptors (Lipinski definition) is 2. The molecule has 4 rings (SSSR count). The molecule has 4 heteroatoms. The lowest BCUT2D eigenvalue weighted by Crippen LogP contribution is -2.74. The number of benzene rings is 1. The summed E-state index contributed by atoms with van der Waals surface area (Å²) in [6.45, 7) is 10.0. The molecule has 0 atom stereocenters. The van der Waals surface area contributed by atoms with E-state index < -0.39 is 0 Å². The van der Waals surface area contributed by atoms with Crippen LogP contribution in [0.5, 0.6) is 0 Å². The first-order valence-electron chi connectivity index (χ1n) is 7.77. The highest BCUT2D eigenvalue weighted by Crippen LogP contribution is 2.28. The van der Waals surface area contributed by atoms with E-state index in [0.717, 1.165) is 11.0 Å². The Labute approximate surface area is 121 Å². The lowest BCUT2D eigenvalue weighted by Gasteiger charge is -2.55. The third-order valence-corrected chi connectivity index (χ3v) is 5.48. The molecule has 3 heterocycles. The molecule has 0 saturated carbocycles. The molecule has 3 aliphatic heterocycles. The molecule has 1 aromatic carbocycles. The summed E-state index contributed by atoms with van der Waals surface area (Å²) in [6.07, 6.45) is 0. The predicted molar refractivity (Wildman–Crippen MR) is 81.4 cm³/mol. The Bertz CT molecular complexity index is 433. The first kappa shape index (κ1) is 13.9. The van der Waals surface area contributed by atoms with Crippen molar-refractivity contribution in [2.24, 2.45) is 0 Å². The Morgan fingerprint density at radius 2 is 1.50 bits per heavy atom. The monoisotopic (exact) mass is 277 g/mol. The normalized spacial score (nSPS) is 32.3. The highest BCUT2D eigenvalue weighted by molar-refractivity contribution is 5.43. The van der Waals surface area contributed by atoms with E-state index in [1.165, 1.54) is 61.5 Å². The number of hydrogen-bond donors (Lipinski definition) is 2. The van der Waals surface area contributed by atoms with Crippen LogP contribution in [0.15, 0.2) is 24.3 Å². The minimum atomic E-state index is 0.339. The van der Waals surface area contributed by atoms with Crippen LogP contribution in [-0.2, 0) is 6.54 Å². The average molecular weight is 277 g/mol. The summed E-state index contributed by atoms with van der Waals surface area (Å²) in [5.41, 5.74) is 2.64. The number of piperazine rings is 3. The molecular formula is C16H27N3O+2. The van der Waals surface area contributed by atoms with E-state index in [2.05, 4.69) is 29.6 Å². The molecule has 2 bridgehead atoms. The SMILES string of the molecule is CNc1ccc(C[N+]23CC[N+](CCO)(CC2)CC3)cc1. The second-order valence-corrected chi connectivity index (χ2v) is 6.58. The summed E-state index contributed by atoms with van der Waals surface area (Å²) in [5.74, 6) is 0. The van der Waals surface area contributed by atoms with E-state index in [1.54, 1.807) is 0 Å². The highest BCUT2D eigenvalue weighted by atomic mass is 16.3. The van der Waals surface area contributed by atoms with Crippen molar-refractivity contribution in [3.63, 3.8) is 0 Å². The van der Waals surface area contributed by atoms with Gasteiger partial charge in [0.05, 0.1) is 6.61 Å². The molecule has 3 aliphatic rings. The minimum absolute atomic E-state index is 0.339. The van der Waals surface area contributed by atoms with E-state index in [0.29, 0.717) is 6.61 Å². The summed E-state index contributed by atoms with van der Waals surface area (Å²) < 4.78 is 2.42. The molecule has 3 saturated heterocycles. The largest absolute Gasteiger partial charge is 0.391 e. The zero-order chi connectivity index (χ0) is 14.1. The zero-order valence-corrected chi connectivity index (χ0v) is 12.5. The molecule has 0 unspecified atom stereocenters. The smallest absolute Gasteiger partial charge is 0.129 e. The molecule has 0 radical (unpaired) electrons. The third kappa shape index (κ3) is 2.55. The van der Waals surface area contributed by atoms with Crippen molar-refractivity contribution in [3.8, 4) is 0 Å². The first-order chi connectivity index (χ1) is 9.69. The van der Waals surface area contributed by atoms with Crippen LogP contribution in [0.4, 0.5) is 5.69 Å². The van der Waals surface area contributed by atoms with Crippen molar-refractivity contribution in [1.29, 1.82) is 0 Å². The van der Waals surface area contributed by atoms with Crippen LogP contribution in [-0.4, -0.2) is 73.5 Å². The lowest BCUT2D eigenvalue weighted by atomic mass is 10.0. The quantitative estimate of drug-likeness (QED) is 0.783. The van der Waals surface area contributed by atoms with Gasteiger partial charge in [0.1, 0.15) is 52.4 Å². The van der Waals surface area contributed by atoms with Crippen LogP contribution in [0.1, 0.15) is 5.56 Å². The zero-order valence-electron chi connectivity index (χ0n) is 12.5. The molecule has 0 spiro atoms. The van der Waals surface area contributed by atoms with Gasteiger partial charge in [0, 0.05) is 18.3 Å². The topological polar surface area (TPSA) is 32.3 Å². The van der Waals surface area contributed by atoms with Gasteiger partial charge in [-0.1, -0.05) is 12.1 Å². The van der Waals surface area contributed by atoms with Crippen molar-refractivity contribution < 1.29 is 14.1 Å². The fraction of sp³-hybridized carbons (Fsp3) is 0.625. The Hall–Kier alpha value is -1.10. The first-order valence-corrected chi connectivity index (χ1v) is 7.77. The number of fused-ring (bicyclic) bond motifs is 3. The summed E-state index contributed by atoms with van der Waals surface area (Å²) in [5, 5.41) is 12.4. The number of rotatable bonds is 5. The Balaban J connectivity index is 1.66. The van der Waals surface area contributed by atoms with Crippen molar-refractivity contribution in [2.75, 3.05) is 64.8 Å². The molecule has 0 amide bonds. The van der Waals surface area contributed by atoms with E-state index >= 15 is 0 Å². The predicted octanol–water partition coefficient (Wildman–Crippen LogP) is 0.881. The number of anilines is 1. The van der Waals surface area contributed by atoms with Gasteiger partial charge in [-0.3, -0.25) is 0 Å². The second-order valence-electron chi connectivity index (χ2n) is 6.58. The van der Waals surface area contributed by atoms with Gasteiger partial charge in [0.15, 0.2) is 0 Å². The molecule has 0 aliphatic carbocycles. The van der Waals surface area contributed by atoms with Crippen LogP contribution in [0, 0.1) is 0 Å². The second kappa shape index (κ2) is 5.35. The number of aliphatic hydroxyl groups is 1. The highest BCUT2D eigenvalue weighted by Gasteiger charge is 2.48. The van der Waals surface area contributed by atoms with Crippen LogP contribution in [0.2, 0.25) is 0 Å². The number of aliphatic hydroxyl groups excluding tert-OH is 1. The Kier molecular flexibility index (Phi) is 3.71. The molecule has 2 N–H and O–H groups in total. The number of quaternary nitrogens is 2. The van der Waals surface area contributed by atoms with Crippen LogP contribution >= 0.6 is 0 Å². The standard InChI is InChI=1S/C16H27N3O/c1-17-16-4-2-15(3-5-16)14-19-9-6-18(7-10-19,8-11-19)12-13-20/h2-5,17,20H,6-14H2,1H3/q+2. The summed E-state index contributed by atoms with van der Waals surface area (Å²) >= 11 is 0. The van der Waals surface area contributed by atoms with Gasteiger partial charge in [-0.25, -0.2) is 0 Å². The number of nitrogens with zero attached hydrogens (tertiary/aromatic N) is 2. The fourth-order valence-corrected chi connectivity index (χ4v) is 3.89. The summed E-state index contributed by atoms with van der Waals surface area (Å²) in [7, 11) is 1.96. The molecular weight excluding hydrogens is 250 g/mol. The maximum atomic E-state index is 9.25. The van der Waals surface area contributed by atoms with E-state index in [9.17, 15) is 5.11 Å². The van der Waals surface area contributed by atoms with Gasteiger partial charge in [-0.2, -0.15) is 0 Å². The van der Waals surface area contributed by atoms with Gasteiger partial charge in [0.25, 0.3) is 0 Å². The van der Waals surface area contributed by atoms with Gasteiger partial charge < -0.3 is 19.4 Å². The lowest BCUT2D eigenvalue weighted by molar-refractivity contribution is -1.09. The maximum absolute atomic E-state index is 9.25. The molecule has 110 valence electrons. The Morgan fingerprint density at radius 1 is 0.950 bits per heavy atom. The van der Waals surface area contributed by atoms with Gasteiger partial charge in [-0.05, 0) is 12.1 Å². The Morgan fingerprint density at radius 3 is 2.00 bits per heavy atom. The van der Waals surface area contributed by atoms with Gasteiger partial charge in [-0.15, -0.1) is 0 Å². The van der Waals surface area contributed by atoms with Crippen molar-refractivity contribution in [2.45, 2.75) is 6.54 Å². The average Bonchev–Trinajstić information content (AvgIpc) is 2.50. The molecule has 1 aromatic rings.